The molecule has 17 heavy (non-hydrogen) atoms. The number of nitrogens with zero attached hydrogens (tertiary/aromatic N) is 1. The minimum atomic E-state index is 0.769. The van der Waals surface area contributed by atoms with Gasteiger partial charge in [0.15, 0.2) is 0 Å². The first-order valence-electron chi connectivity index (χ1n) is 6.90. The lowest BCUT2D eigenvalue weighted by Crippen LogP contribution is -2.36. The lowest BCUT2D eigenvalue weighted by Gasteiger charge is -2.31. The maximum Gasteiger partial charge on any atom is 0.0414 e. The summed E-state index contributed by atoms with van der Waals surface area (Å²) < 4.78 is 0. The molecule has 3 rings (SSSR count). The molecule has 92 valence electrons. The summed E-state index contributed by atoms with van der Waals surface area (Å²) in [4.78, 5) is 2.65. The Bertz CT molecular complexity index is 388. The Hall–Kier alpha value is -1.02. The molecule has 2 aliphatic rings. The minimum Gasteiger partial charge on any atom is -0.367 e. The maximum atomic E-state index is 3.53. The average molecular weight is 230 g/mol. The van der Waals surface area contributed by atoms with Crippen LogP contribution in [-0.2, 0) is 6.54 Å². The Kier molecular flexibility index (Phi) is 3.06. The Morgan fingerprint density at radius 3 is 2.94 bits per heavy atom. The number of benzene rings is 1. The Morgan fingerprint density at radius 2 is 2.12 bits per heavy atom. The van der Waals surface area contributed by atoms with Gasteiger partial charge in [-0.15, -0.1) is 0 Å². The van der Waals surface area contributed by atoms with E-state index in [1.807, 2.05) is 0 Å². The quantitative estimate of drug-likeness (QED) is 0.798. The van der Waals surface area contributed by atoms with Gasteiger partial charge in [-0.1, -0.05) is 25.1 Å². The van der Waals surface area contributed by atoms with Crippen LogP contribution in [0.15, 0.2) is 24.3 Å². The molecule has 0 radical (unpaired) electrons. The summed E-state index contributed by atoms with van der Waals surface area (Å²) in [6.45, 7) is 5.69. The minimum absolute atomic E-state index is 0.769. The van der Waals surface area contributed by atoms with Crippen molar-refractivity contribution >= 4 is 5.69 Å². The van der Waals surface area contributed by atoms with Crippen molar-refractivity contribution in [1.82, 2.24) is 5.32 Å². The average Bonchev–Trinajstić information content (AvgIpc) is 2.66. The van der Waals surface area contributed by atoms with Gasteiger partial charge in [0.2, 0.25) is 0 Å². The number of para-hydroxylation sites is 1. The van der Waals surface area contributed by atoms with Gasteiger partial charge in [-0.3, -0.25) is 0 Å². The van der Waals surface area contributed by atoms with Crippen LogP contribution in [0.4, 0.5) is 5.69 Å². The lowest BCUT2D eigenvalue weighted by molar-refractivity contribution is 0.558. The summed E-state index contributed by atoms with van der Waals surface area (Å²) in [7, 11) is 0. The van der Waals surface area contributed by atoms with Crippen molar-refractivity contribution in [1.29, 1.82) is 0 Å². The highest BCUT2D eigenvalue weighted by Crippen LogP contribution is 2.33. The molecule has 1 heterocycles. The Labute approximate surface area is 104 Å². The molecular formula is C15H22N2. The fourth-order valence-corrected chi connectivity index (χ4v) is 3.32. The molecule has 1 N–H and O–H groups in total. The number of rotatable bonds is 1. The van der Waals surface area contributed by atoms with Crippen LogP contribution in [0.2, 0.25) is 0 Å². The zero-order valence-electron chi connectivity index (χ0n) is 10.7. The molecule has 2 atom stereocenters. The van der Waals surface area contributed by atoms with Crippen LogP contribution in [0, 0.1) is 5.92 Å². The molecule has 0 spiro atoms. The van der Waals surface area contributed by atoms with Gasteiger partial charge in [-0.2, -0.15) is 0 Å². The van der Waals surface area contributed by atoms with Gasteiger partial charge in [-0.05, 0) is 36.8 Å². The third-order valence-corrected chi connectivity index (χ3v) is 4.25. The van der Waals surface area contributed by atoms with Crippen LogP contribution < -0.4 is 10.2 Å². The van der Waals surface area contributed by atoms with E-state index in [0.29, 0.717) is 0 Å². The summed E-state index contributed by atoms with van der Waals surface area (Å²) >= 11 is 0. The predicted molar refractivity (Wildman–Crippen MR) is 72.3 cm³/mol. The highest BCUT2D eigenvalue weighted by molar-refractivity contribution is 5.55. The lowest BCUT2D eigenvalue weighted by atomic mass is 10.1. The summed E-state index contributed by atoms with van der Waals surface area (Å²) in [5, 5.41) is 3.53. The SMILES string of the molecule is CC1CCC(N2CCNCc3ccccc32)C1. The largest absolute Gasteiger partial charge is 0.367 e. The van der Waals surface area contributed by atoms with Gasteiger partial charge in [0.1, 0.15) is 0 Å². The molecule has 1 aliphatic heterocycles. The monoisotopic (exact) mass is 230 g/mol. The van der Waals surface area contributed by atoms with Crippen LogP contribution in [-0.4, -0.2) is 19.1 Å². The Morgan fingerprint density at radius 1 is 1.24 bits per heavy atom. The molecular weight excluding hydrogens is 208 g/mol. The van der Waals surface area contributed by atoms with E-state index in [4.69, 9.17) is 0 Å². The van der Waals surface area contributed by atoms with Crippen LogP contribution in [0.3, 0.4) is 0 Å². The molecule has 2 unspecified atom stereocenters. The molecule has 0 bridgehead atoms. The highest BCUT2D eigenvalue weighted by atomic mass is 15.2. The van der Waals surface area contributed by atoms with Crippen molar-refractivity contribution in [2.24, 2.45) is 5.92 Å². The van der Waals surface area contributed by atoms with Gasteiger partial charge in [-0.25, -0.2) is 0 Å². The second-order valence-corrected chi connectivity index (χ2v) is 5.57. The van der Waals surface area contributed by atoms with Crippen molar-refractivity contribution in [3.05, 3.63) is 29.8 Å². The topological polar surface area (TPSA) is 15.3 Å². The molecule has 1 fully saturated rings. The fraction of sp³-hybridized carbons (Fsp3) is 0.600. The second kappa shape index (κ2) is 4.69. The molecule has 0 aromatic heterocycles. The predicted octanol–water partition coefficient (Wildman–Crippen LogP) is 2.78. The van der Waals surface area contributed by atoms with Gasteiger partial charge in [0.05, 0.1) is 0 Å². The fourth-order valence-electron chi connectivity index (χ4n) is 3.32. The van der Waals surface area contributed by atoms with Crippen LogP contribution in [0.25, 0.3) is 0 Å². The zero-order valence-corrected chi connectivity index (χ0v) is 10.7. The van der Waals surface area contributed by atoms with Crippen molar-refractivity contribution < 1.29 is 0 Å². The van der Waals surface area contributed by atoms with E-state index >= 15 is 0 Å². The van der Waals surface area contributed by atoms with E-state index in [1.165, 1.54) is 30.5 Å². The summed E-state index contributed by atoms with van der Waals surface area (Å²) in [5.74, 6) is 0.906. The Balaban J connectivity index is 1.89. The zero-order chi connectivity index (χ0) is 11.7. The molecule has 2 nitrogen and oxygen atoms in total. The van der Waals surface area contributed by atoms with Gasteiger partial charge < -0.3 is 10.2 Å². The van der Waals surface area contributed by atoms with E-state index in [9.17, 15) is 0 Å². The van der Waals surface area contributed by atoms with E-state index in [-0.39, 0.29) is 0 Å². The summed E-state index contributed by atoms with van der Waals surface area (Å²) in [6.07, 6.45) is 4.14. The van der Waals surface area contributed by atoms with E-state index < -0.39 is 0 Å². The van der Waals surface area contributed by atoms with Crippen molar-refractivity contribution in [2.75, 3.05) is 18.0 Å². The van der Waals surface area contributed by atoms with Gasteiger partial charge in [0.25, 0.3) is 0 Å². The van der Waals surface area contributed by atoms with Crippen LogP contribution >= 0.6 is 0 Å². The first-order chi connectivity index (χ1) is 8.34. The molecule has 1 aromatic carbocycles. The number of hydrogen-bond donors (Lipinski definition) is 1. The first kappa shape index (κ1) is 11.1. The second-order valence-electron chi connectivity index (χ2n) is 5.57. The molecule has 2 heteroatoms. The smallest absolute Gasteiger partial charge is 0.0414 e. The highest BCUT2D eigenvalue weighted by Gasteiger charge is 2.28. The van der Waals surface area contributed by atoms with E-state index in [1.54, 1.807) is 0 Å². The molecule has 0 amide bonds. The van der Waals surface area contributed by atoms with Gasteiger partial charge in [0, 0.05) is 31.4 Å². The normalized spacial score (nSPS) is 28.9. The standard InChI is InChI=1S/C15H22N2/c1-12-6-7-14(10-12)17-9-8-16-11-13-4-2-3-5-15(13)17/h2-5,12,14,16H,6-11H2,1H3. The summed E-state index contributed by atoms with van der Waals surface area (Å²) in [6, 6.07) is 9.66. The third-order valence-electron chi connectivity index (χ3n) is 4.25. The van der Waals surface area contributed by atoms with E-state index in [0.717, 1.165) is 31.6 Å². The number of hydrogen-bond acceptors (Lipinski definition) is 2. The van der Waals surface area contributed by atoms with Gasteiger partial charge >= 0.3 is 0 Å². The van der Waals surface area contributed by atoms with Crippen molar-refractivity contribution in [3.63, 3.8) is 0 Å². The van der Waals surface area contributed by atoms with Crippen LogP contribution in [0.1, 0.15) is 31.7 Å². The number of nitrogens with one attached hydrogen (secondary N) is 1. The molecule has 1 aromatic rings. The maximum absolute atomic E-state index is 3.53. The summed E-state index contributed by atoms with van der Waals surface area (Å²) in [5.41, 5.74) is 2.93. The molecule has 1 aliphatic carbocycles. The molecule has 0 saturated heterocycles. The number of anilines is 1. The number of fused-ring (bicyclic) bond motifs is 1. The van der Waals surface area contributed by atoms with Crippen molar-refractivity contribution in [2.45, 2.75) is 38.8 Å². The first-order valence-corrected chi connectivity index (χ1v) is 6.90. The van der Waals surface area contributed by atoms with Crippen LogP contribution in [0.5, 0.6) is 0 Å². The van der Waals surface area contributed by atoms with Crippen molar-refractivity contribution in [3.8, 4) is 0 Å². The van der Waals surface area contributed by atoms with E-state index in [2.05, 4.69) is 41.4 Å². The third kappa shape index (κ3) is 2.19. The molecule has 1 saturated carbocycles.